The van der Waals surface area contributed by atoms with Crippen LogP contribution in [0.2, 0.25) is 10.0 Å². The van der Waals surface area contributed by atoms with Crippen molar-refractivity contribution in [3.8, 4) is 0 Å². The quantitative estimate of drug-likeness (QED) is 0.686. The molecule has 0 unspecified atom stereocenters. The summed E-state index contributed by atoms with van der Waals surface area (Å²) in [6.07, 6.45) is 4.77. The molecule has 1 aromatic heterocycles. The summed E-state index contributed by atoms with van der Waals surface area (Å²) in [6, 6.07) is 8.80. The Bertz CT molecular complexity index is 677. The number of hydrogen-bond acceptors (Lipinski definition) is 3. The van der Waals surface area contributed by atoms with Gasteiger partial charge in [-0.15, -0.1) is 0 Å². The molecule has 0 fully saturated rings. The van der Waals surface area contributed by atoms with Crippen molar-refractivity contribution < 1.29 is 4.79 Å². The first kappa shape index (κ1) is 17.6. The van der Waals surface area contributed by atoms with Crippen molar-refractivity contribution in [3.63, 3.8) is 0 Å². The third-order valence-electron chi connectivity index (χ3n) is 3.29. The van der Waals surface area contributed by atoms with Crippen LogP contribution in [0.4, 0.5) is 11.4 Å². The van der Waals surface area contributed by atoms with Gasteiger partial charge in [0, 0.05) is 18.4 Å². The molecule has 0 saturated heterocycles. The molecule has 0 saturated carbocycles. The average molecular weight is 352 g/mol. The third-order valence-corrected chi connectivity index (χ3v) is 4.11. The van der Waals surface area contributed by atoms with E-state index in [2.05, 4.69) is 22.5 Å². The second-order valence-electron chi connectivity index (χ2n) is 5.12. The highest BCUT2D eigenvalue weighted by atomic mass is 35.5. The van der Waals surface area contributed by atoms with Crippen LogP contribution >= 0.6 is 23.2 Å². The van der Waals surface area contributed by atoms with Crippen molar-refractivity contribution in [1.82, 2.24) is 10.3 Å². The van der Waals surface area contributed by atoms with Crippen LogP contribution in [0, 0.1) is 0 Å². The molecule has 6 heteroatoms. The van der Waals surface area contributed by atoms with Gasteiger partial charge in [0.15, 0.2) is 0 Å². The first-order valence-electron chi connectivity index (χ1n) is 7.57. The zero-order valence-electron chi connectivity index (χ0n) is 12.9. The molecule has 122 valence electrons. The van der Waals surface area contributed by atoms with Crippen LogP contribution in [-0.4, -0.2) is 17.4 Å². The lowest BCUT2D eigenvalue weighted by Crippen LogP contribution is -2.25. The van der Waals surface area contributed by atoms with Crippen LogP contribution < -0.4 is 10.6 Å². The van der Waals surface area contributed by atoms with Crippen LogP contribution in [0.5, 0.6) is 0 Å². The fraction of sp³-hybridized carbons (Fsp3) is 0.294. The number of aromatic nitrogens is 1. The van der Waals surface area contributed by atoms with E-state index in [4.69, 9.17) is 23.2 Å². The summed E-state index contributed by atoms with van der Waals surface area (Å²) in [6.45, 7) is 2.78. The number of anilines is 2. The monoisotopic (exact) mass is 351 g/mol. The van der Waals surface area contributed by atoms with E-state index < -0.39 is 0 Å². The Morgan fingerprint density at radius 2 is 2.04 bits per heavy atom. The smallest absolute Gasteiger partial charge is 0.269 e. The summed E-state index contributed by atoms with van der Waals surface area (Å²) >= 11 is 12.2. The lowest BCUT2D eigenvalue weighted by molar-refractivity contribution is 0.0948. The Morgan fingerprint density at radius 1 is 1.22 bits per heavy atom. The van der Waals surface area contributed by atoms with E-state index in [1.54, 1.807) is 30.5 Å². The van der Waals surface area contributed by atoms with Crippen molar-refractivity contribution in [2.75, 3.05) is 11.9 Å². The van der Waals surface area contributed by atoms with Gasteiger partial charge in [-0.05, 0) is 30.7 Å². The van der Waals surface area contributed by atoms with Gasteiger partial charge >= 0.3 is 0 Å². The van der Waals surface area contributed by atoms with Crippen LogP contribution in [-0.2, 0) is 0 Å². The minimum Gasteiger partial charge on any atom is -0.354 e. The summed E-state index contributed by atoms with van der Waals surface area (Å²) in [7, 11) is 0. The van der Waals surface area contributed by atoms with E-state index in [-0.39, 0.29) is 5.91 Å². The van der Waals surface area contributed by atoms with Crippen LogP contribution in [0.15, 0.2) is 36.5 Å². The molecule has 2 aromatic rings. The van der Waals surface area contributed by atoms with Gasteiger partial charge in [0.25, 0.3) is 5.91 Å². The SMILES string of the molecule is CCCCCNC(=O)c1cc(Nc2cccc(Cl)c2Cl)ccn1. The molecule has 1 heterocycles. The number of benzene rings is 1. The van der Waals surface area contributed by atoms with E-state index in [0.29, 0.717) is 28.0 Å². The standard InChI is InChI=1S/C17H19Cl2N3O/c1-2-3-4-9-21-17(23)15-11-12(8-10-20-15)22-14-7-5-6-13(18)16(14)19/h5-8,10-11H,2-4,9H2,1H3,(H,20,22)(H,21,23). The number of amides is 1. The molecular formula is C17H19Cl2N3O. The van der Waals surface area contributed by atoms with E-state index in [9.17, 15) is 4.79 Å². The predicted molar refractivity (Wildman–Crippen MR) is 95.8 cm³/mol. The van der Waals surface area contributed by atoms with Crippen LogP contribution in [0.25, 0.3) is 0 Å². The highest BCUT2D eigenvalue weighted by Crippen LogP contribution is 2.31. The lowest BCUT2D eigenvalue weighted by atomic mass is 10.2. The predicted octanol–water partition coefficient (Wildman–Crippen LogP) is 5.05. The molecule has 0 bridgehead atoms. The molecule has 2 rings (SSSR count). The van der Waals surface area contributed by atoms with Crippen molar-refractivity contribution in [3.05, 3.63) is 52.3 Å². The summed E-state index contributed by atoms with van der Waals surface area (Å²) in [4.78, 5) is 16.2. The molecule has 0 atom stereocenters. The maximum absolute atomic E-state index is 12.1. The Morgan fingerprint density at radius 3 is 2.83 bits per heavy atom. The topological polar surface area (TPSA) is 54.0 Å². The molecule has 2 N–H and O–H groups in total. The van der Waals surface area contributed by atoms with Crippen molar-refractivity contribution in [1.29, 1.82) is 0 Å². The molecular weight excluding hydrogens is 333 g/mol. The first-order valence-corrected chi connectivity index (χ1v) is 8.32. The lowest BCUT2D eigenvalue weighted by Gasteiger charge is -2.10. The van der Waals surface area contributed by atoms with E-state index in [0.717, 1.165) is 24.9 Å². The zero-order valence-corrected chi connectivity index (χ0v) is 14.4. The molecule has 1 amide bonds. The molecule has 0 aliphatic rings. The van der Waals surface area contributed by atoms with Gasteiger partial charge in [0.1, 0.15) is 5.69 Å². The minimum absolute atomic E-state index is 0.179. The van der Waals surface area contributed by atoms with Gasteiger partial charge in [-0.2, -0.15) is 0 Å². The van der Waals surface area contributed by atoms with Gasteiger partial charge in [0.05, 0.1) is 15.7 Å². The van der Waals surface area contributed by atoms with Crippen molar-refractivity contribution >= 4 is 40.5 Å². The fourth-order valence-electron chi connectivity index (χ4n) is 2.06. The second kappa shape index (κ2) is 8.75. The number of nitrogens with zero attached hydrogens (tertiary/aromatic N) is 1. The number of carbonyl (C=O) groups is 1. The highest BCUT2D eigenvalue weighted by molar-refractivity contribution is 6.43. The number of nitrogens with one attached hydrogen (secondary N) is 2. The van der Waals surface area contributed by atoms with E-state index in [1.807, 2.05) is 6.07 Å². The van der Waals surface area contributed by atoms with Gasteiger partial charge in [-0.3, -0.25) is 9.78 Å². The maximum Gasteiger partial charge on any atom is 0.269 e. The molecule has 0 aliphatic heterocycles. The molecule has 4 nitrogen and oxygen atoms in total. The normalized spacial score (nSPS) is 10.4. The number of pyridine rings is 1. The van der Waals surface area contributed by atoms with Crippen molar-refractivity contribution in [2.24, 2.45) is 0 Å². The highest BCUT2D eigenvalue weighted by Gasteiger charge is 2.09. The van der Waals surface area contributed by atoms with Gasteiger partial charge in [0.2, 0.25) is 0 Å². The number of halogens is 2. The molecule has 0 radical (unpaired) electrons. The van der Waals surface area contributed by atoms with E-state index >= 15 is 0 Å². The Balaban J connectivity index is 2.04. The summed E-state index contributed by atoms with van der Waals surface area (Å²) in [5.41, 5.74) is 1.77. The Kier molecular flexibility index (Phi) is 6.68. The maximum atomic E-state index is 12.1. The minimum atomic E-state index is -0.179. The number of hydrogen-bond donors (Lipinski definition) is 2. The fourth-order valence-corrected chi connectivity index (χ4v) is 2.40. The zero-order chi connectivity index (χ0) is 16.7. The molecule has 0 spiro atoms. The first-order chi connectivity index (χ1) is 11.1. The van der Waals surface area contributed by atoms with Gasteiger partial charge in [-0.25, -0.2) is 0 Å². The van der Waals surface area contributed by atoms with E-state index in [1.165, 1.54) is 0 Å². The average Bonchev–Trinajstić information content (AvgIpc) is 2.56. The summed E-state index contributed by atoms with van der Waals surface area (Å²) in [5, 5.41) is 6.93. The van der Waals surface area contributed by atoms with Gasteiger partial charge in [-0.1, -0.05) is 49.0 Å². The number of unbranched alkanes of at least 4 members (excludes halogenated alkanes) is 2. The number of rotatable bonds is 7. The Labute approximate surface area is 146 Å². The molecule has 0 aliphatic carbocycles. The molecule has 1 aromatic carbocycles. The summed E-state index contributed by atoms with van der Waals surface area (Å²) < 4.78 is 0. The molecule has 23 heavy (non-hydrogen) atoms. The Hall–Kier alpha value is -1.78. The van der Waals surface area contributed by atoms with Gasteiger partial charge < -0.3 is 10.6 Å². The third kappa shape index (κ3) is 5.12. The summed E-state index contributed by atoms with van der Waals surface area (Å²) in [5.74, 6) is -0.179. The van der Waals surface area contributed by atoms with Crippen LogP contribution in [0.3, 0.4) is 0 Å². The van der Waals surface area contributed by atoms with Crippen LogP contribution in [0.1, 0.15) is 36.7 Å². The second-order valence-corrected chi connectivity index (χ2v) is 5.90. The largest absolute Gasteiger partial charge is 0.354 e. The van der Waals surface area contributed by atoms with Crippen molar-refractivity contribution in [2.45, 2.75) is 26.2 Å². The number of carbonyl (C=O) groups excluding carboxylic acids is 1.